The van der Waals surface area contributed by atoms with Crippen molar-refractivity contribution in [3.8, 4) is 0 Å². The van der Waals surface area contributed by atoms with Crippen LogP contribution in [0.5, 0.6) is 0 Å². The molecule has 0 bridgehead atoms. The molecule has 0 atom stereocenters. The van der Waals surface area contributed by atoms with Crippen molar-refractivity contribution >= 4 is 11.7 Å². The van der Waals surface area contributed by atoms with Crippen LogP contribution in [0.3, 0.4) is 0 Å². The number of nitrogen functional groups attached to an aromatic ring is 1. The summed E-state index contributed by atoms with van der Waals surface area (Å²) >= 11 is 0. The summed E-state index contributed by atoms with van der Waals surface area (Å²) < 4.78 is 14.2. The first-order valence-corrected chi connectivity index (χ1v) is 5.06. The van der Waals surface area contributed by atoms with E-state index < -0.39 is 0 Å². The first kappa shape index (κ1) is 13.4. The summed E-state index contributed by atoms with van der Waals surface area (Å²) in [7, 11) is 3.12. The number of rotatable bonds is 7. The highest BCUT2D eigenvalue weighted by Crippen LogP contribution is 2.08. The Morgan fingerprint density at radius 2 is 1.88 bits per heavy atom. The average molecular weight is 244 g/mol. The molecule has 0 aromatic carbocycles. The highest BCUT2D eigenvalue weighted by atomic mass is 16.6. The van der Waals surface area contributed by atoms with Crippen LogP contribution in [-0.2, 0) is 9.47 Å². The molecule has 1 aromatic heterocycles. The van der Waals surface area contributed by atoms with E-state index in [1.807, 2.05) is 0 Å². The lowest BCUT2D eigenvalue weighted by Gasteiger charge is -2.20. The van der Waals surface area contributed by atoms with E-state index in [1.165, 1.54) is 4.90 Å². The number of ether oxygens (including phenoxy) is 2. The monoisotopic (exact) mass is 244 g/mol. The Morgan fingerprint density at radius 3 is 2.29 bits per heavy atom. The van der Waals surface area contributed by atoms with Crippen molar-refractivity contribution in [2.45, 2.75) is 0 Å². The zero-order valence-corrected chi connectivity index (χ0v) is 9.88. The molecule has 0 saturated heterocycles. The lowest BCUT2D eigenvalue weighted by molar-refractivity contribution is 0.0618. The molecule has 96 valence electrons. The predicted molar refractivity (Wildman–Crippen MR) is 58.4 cm³/mol. The van der Waals surface area contributed by atoms with Crippen LogP contribution in [-0.4, -0.2) is 61.6 Å². The lowest BCUT2D eigenvalue weighted by Crippen LogP contribution is -2.37. The van der Waals surface area contributed by atoms with Crippen molar-refractivity contribution in [1.29, 1.82) is 0 Å². The van der Waals surface area contributed by atoms with Gasteiger partial charge in [-0.1, -0.05) is 0 Å². The number of aromatic nitrogens is 2. The second-order valence-corrected chi connectivity index (χ2v) is 3.28. The molecular weight excluding hydrogens is 228 g/mol. The Hall–Kier alpha value is -1.67. The Kier molecular flexibility index (Phi) is 5.37. The van der Waals surface area contributed by atoms with Gasteiger partial charge in [0.15, 0.2) is 0 Å². The molecule has 0 radical (unpaired) electrons. The first-order valence-electron chi connectivity index (χ1n) is 5.06. The van der Waals surface area contributed by atoms with Crippen LogP contribution in [0, 0.1) is 0 Å². The molecule has 0 saturated carbocycles. The molecule has 8 nitrogen and oxygen atoms in total. The standard InChI is InChI=1S/C9H16N4O4/c1-15-5-3-13(4-6-16-2)9(14)7-8(10)12-17-11-7/h3-6H2,1-2H3,(H2,10,12). The maximum atomic E-state index is 12.0. The van der Waals surface area contributed by atoms with Gasteiger partial charge in [-0.3, -0.25) is 4.79 Å². The third kappa shape index (κ3) is 3.68. The summed E-state index contributed by atoms with van der Waals surface area (Å²) in [5, 5.41) is 6.83. The number of nitrogens with two attached hydrogens (primary N) is 1. The molecule has 0 fully saturated rings. The van der Waals surface area contributed by atoms with E-state index in [0.717, 1.165) is 0 Å². The van der Waals surface area contributed by atoms with Gasteiger partial charge in [0, 0.05) is 27.3 Å². The van der Waals surface area contributed by atoms with E-state index in [9.17, 15) is 4.79 Å². The minimum atomic E-state index is -0.349. The summed E-state index contributed by atoms with van der Waals surface area (Å²) in [6.45, 7) is 1.68. The van der Waals surface area contributed by atoms with Gasteiger partial charge in [-0.05, 0) is 10.3 Å². The lowest BCUT2D eigenvalue weighted by atomic mass is 10.3. The predicted octanol–water partition coefficient (Wildman–Crippen LogP) is -0.613. The topological polar surface area (TPSA) is 104 Å². The van der Waals surface area contributed by atoms with Crippen LogP contribution in [0.25, 0.3) is 0 Å². The zero-order valence-electron chi connectivity index (χ0n) is 9.88. The van der Waals surface area contributed by atoms with Gasteiger partial charge in [-0.25, -0.2) is 4.63 Å². The molecule has 0 aliphatic heterocycles. The number of amides is 1. The fourth-order valence-electron chi connectivity index (χ4n) is 1.21. The average Bonchev–Trinajstić information content (AvgIpc) is 2.75. The fraction of sp³-hybridized carbons (Fsp3) is 0.667. The van der Waals surface area contributed by atoms with E-state index in [2.05, 4.69) is 14.9 Å². The molecule has 1 aromatic rings. The number of nitrogens with zero attached hydrogens (tertiary/aromatic N) is 3. The van der Waals surface area contributed by atoms with Gasteiger partial charge < -0.3 is 20.1 Å². The molecular formula is C9H16N4O4. The van der Waals surface area contributed by atoms with Gasteiger partial charge in [-0.2, -0.15) is 0 Å². The smallest absolute Gasteiger partial charge is 0.280 e. The summed E-state index contributed by atoms with van der Waals surface area (Å²) in [6.07, 6.45) is 0. The summed E-state index contributed by atoms with van der Waals surface area (Å²) in [6, 6.07) is 0. The summed E-state index contributed by atoms with van der Waals surface area (Å²) in [4.78, 5) is 13.5. The van der Waals surface area contributed by atoms with Crippen LogP contribution < -0.4 is 5.73 Å². The van der Waals surface area contributed by atoms with Crippen molar-refractivity contribution in [3.05, 3.63) is 5.69 Å². The summed E-state index contributed by atoms with van der Waals surface area (Å²) in [5.41, 5.74) is 5.47. The van der Waals surface area contributed by atoms with E-state index in [0.29, 0.717) is 26.3 Å². The van der Waals surface area contributed by atoms with Gasteiger partial charge in [-0.15, -0.1) is 0 Å². The minimum absolute atomic E-state index is 0.0113. The maximum absolute atomic E-state index is 12.0. The van der Waals surface area contributed by atoms with Crippen molar-refractivity contribution in [3.63, 3.8) is 0 Å². The molecule has 0 aliphatic carbocycles. The maximum Gasteiger partial charge on any atom is 0.280 e. The first-order chi connectivity index (χ1) is 8.20. The quantitative estimate of drug-likeness (QED) is 0.682. The van der Waals surface area contributed by atoms with E-state index >= 15 is 0 Å². The third-order valence-electron chi connectivity index (χ3n) is 2.13. The fourth-order valence-corrected chi connectivity index (χ4v) is 1.21. The second-order valence-electron chi connectivity index (χ2n) is 3.28. The molecule has 1 heterocycles. The molecule has 1 rings (SSSR count). The largest absolute Gasteiger partial charge is 0.383 e. The second kappa shape index (κ2) is 6.81. The van der Waals surface area contributed by atoms with Crippen molar-refractivity contribution in [1.82, 2.24) is 15.2 Å². The van der Waals surface area contributed by atoms with Gasteiger partial charge in [0.25, 0.3) is 5.91 Å². The Balaban J connectivity index is 2.68. The molecule has 8 heteroatoms. The number of hydrogen-bond acceptors (Lipinski definition) is 7. The van der Waals surface area contributed by atoms with Gasteiger partial charge in [0.1, 0.15) is 0 Å². The Bertz CT molecular complexity index is 347. The van der Waals surface area contributed by atoms with Crippen LogP contribution in [0.4, 0.5) is 5.82 Å². The van der Waals surface area contributed by atoms with Crippen molar-refractivity contribution in [2.24, 2.45) is 0 Å². The van der Waals surface area contributed by atoms with Gasteiger partial charge in [0.2, 0.25) is 11.5 Å². The van der Waals surface area contributed by atoms with E-state index in [-0.39, 0.29) is 17.4 Å². The van der Waals surface area contributed by atoms with Gasteiger partial charge in [0.05, 0.1) is 13.2 Å². The van der Waals surface area contributed by atoms with E-state index in [1.54, 1.807) is 14.2 Å². The number of carbonyl (C=O) groups is 1. The number of carbonyl (C=O) groups excluding carboxylic acids is 1. The normalized spacial score (nSPS) is 10.5. The Morgan fingerprint density at radius 1 is 1.29 bits per heavy atom. The number of anilines is 1. The van der Waals surface area contributed by atoms with Crippen LogP contribution in [0.1, 0.15) is 10.5 Å². The number of methoxy groups -OCH3 is 2. The third-order valence-corrected chi connectivity index (χ3v) is 2.13. The van der Waals surface area contributed by atoms with Crippen molar-refractivity contribution in [2.75, 3.05) is 46.3 Å². The molecule has 2 N–H and O–H groups in total. The minimum Gasteiger partial charge on any atom is -0.383 e. The molecule has 0 aliphatic rings. The highest BCUT2D eigenvalue weighted by molar-refractivity contribution is 5.96. The van der Waals surface area contributed by atoms with Crippen LogP contribution in [0.2, 0.25) is 0 Å². The molecule has 0 unspecified atom stereocenters. The molecule has 0 spiro atoms. The van der Waals surface area contributed by atoms with E-state index in [4.69, 9.17) is 15.2 Å². The zero-order chi connectivity index (χ0) is 12.7. The van der Waals surface area contributed by atoms with Crippen LogP contribution in [0.15, 0.2) is 4.63 Å². The van der Waals surface area contributed by atoms with Crippen molar-refractivity contribution < 1.29 is 18.9 Å². The SMILES string of the molecule is COCCN(CCOC)C(=O)c1nonc1N. The summed E-state index contributed by atoms with van der Waals surface area (Å²) in [5.74, 6) is -0.368. The molecule has 17 heavy (non-hydrogen) atoms. The highest BCUT2D eigenvalue weighted by Gasteiger charge is 2.22. The van der Waals surface area contributed by atoms with Crippen LogP contribution >= 0.6 is 0 Å². The van der Waals surface area contributed by atoms with Gasteiger partial charge >= 0.3 is 0 Å². The Labute approximate surface area is 98.6 Å². The number of hydrogen-bond donors (Lipinski definition) is 1. The molecule has 1 amide bonds.